The summed E-state index contributed by atoms with van der Waals surface area (Å²) in [6, 6.07) is 4.02. The molecule has 0 spiro atoms. The minimum absolute atomic E-state index is 0.0187. The highest BCUT2D eigenvalue weighted by Gasteiger charge is 2.52. The molecule has 4 aliphatic rings. The van der Waals surface area contributed by atoms with Crippen LogP contribution in [0.3, 0.4) is 0 Å². The smallest absolute Gasteiger partial charge is 0.111 e. The van der Waals surface area contributed by atoms with Gasteiger partial charge in [-0.2, -0.15) is 5.26 Å². The van der Waals surface area contributed by atoms with Crippen LogP contribution in [-0.2, 0) is 0 Å². The van der Waals surface area contributed by atoms with Gasteiger partial charge in [0.15, 0.2) is 0 Å². The summed E-state index contributed by atoms with van der Waals surface area (Å²) in [5.74, 6) is 0. The zero-order valence-corrected chi connectivity index (χ0v) is 22.1. The van der Waals surface area contributed by atoms with Gasteiger partial charge in [0.05, 0.1) is 6.07 Å². The Morgan fingerprint density at radius 2 is 1.23 bits per heavy atom. The van der Waals surface area contributed by atoms with Gasteiger partial charge in [0.25, 0.3) is 0 Å². The van der Waals surface area contributed by atoms with Gasteiger partial charge in [0.1, 0.15) is 6.04 Å². The molecule has 4 heterocycles. The second-order valence-corrected chi connectivity index (χ2v) is 13.6. The highest BCUT2D eigenvalue weighted by molar-refractivity contribution is 5.09. The van der Waals surface area contributed by atoms with E-state index < -0.39 is 0 Å². The van der Waals surface area contributed by atoms with E-state index in [-0.39, 0.29) is 28.2 Å². The van der Waals surface area contributed by atoms with E-state index in [0.717, 1.165) is 26.1 Å². The third kappa shape index (κ3) is 5.13. The highest BCUT2D eigenvalue weighted by atomic mass is 15.4. The normalized spacial score (nSPS) is 30.2. The number of nitrogens with zero attached hydrogens (tertiary/aromatic N) is 5. The first-order chi connectivity index (χ1) is 14.1. The molecule has 4 saturated heterocycles. The standard InChI is InChI=1S/C26H49N5/c1-23(2,3)28-13-14-30(22(16-27)19-28)25(7,8)11-12-26(9,10)31-20-15-21(31)18-29(17-20)24(4,5)6/h20-22H,11-15,17-19H2,1-10H3/t20?,21?,22-/m1/s1. The Morgan fingerprint density at radius 3 is 1.71 bits per heavy atom. The van der Waals surface area contributed by atoms with Gasteiger partial charge in [-0.15, -0.1) is 0 Å². The largest absolute Gasteiger partial charge is 0.295 e. The molecule has 31 heavy (non-hydrogen) atoms. The molecule has 0 aromatic rings. The summed E-state index contributed by atoms with van der Waals surface area (Å²) in [4.78, 5) is 10.5. The molecule has 0 aromatic heterocycles. The molecule has 2 bridgehead atoms. The summed E-state index contributed by atoms with van der Waals surface area (Å²) in [6.07, 6.45) is 3.68. The van der Waals surface area contributed by atoms with Gasteiger partial charge in [0.2, 0.25) is 0 Å². The van der Waals surface area contributed by atoms with Crippen molar-refractivity contribution in [2.45, 2.75) is 129 Å². The van der Waals surface area contributed by atoms with Crippen LogP contribution in [0.1, 0.15) is 88.5 Å². The zero-order chi connectivity index (χ0) is 23.4. The van der Waals surface area contributed by atoms with Gasteiger partial charge in [-0.3, -0.25) is 19.6 Å². The van der Waals surface area contributed by atoms with Crippen LogP contribution in [-0.4, -0.2) is 92.6 Å². The first-order valence-corrected chi connectivity index (χ1v) is 12.5. The van der Waals surface area contributed by atoms with E-state index in [1.54, 1.807) is 0 Å². The molecular weight excluding hydrogens is 382 g/mol. The quantitative estimate of drug-likeness (QED) is 0.652. The molecular formula is C26H49N5. The van der Waals surface area contributed by atoms with E-state index in [9.17, 15) is 5.26 Å². The minimum atomic E-state index is -0.0187. The van der Waals surface area contributed by atoms with Crippen molar-refractivity contribution in [2.24, 2.45) is 0 Å². The fourth-order valence-corrected chi connectivity index (χ4v) is 6.26. The lowest BCUT2D eigenvalue weighted by Crippen LogP contribution is -2.75. The van der Waals surface area contributed by atoms with E-state index in [1.165, 1.54) is 25.9 Å². The van der Waals surface area contributed by atoms with Gasteiger partial charge < -0.3 is 0 Å². The Kier molecular flexibility index (Phi) is 6.66. The molecule has 178 valence electrons. The van der Waals surface area contributed by atoms with Crippen LogP contribution in [0, 0.1) is 11.3 Å². The fourth-order valence-electron chi connectivity index (χ4n) is 6.26. The summed E-state index contributed by atoms with van der Waals surface area (Å²) in [5, 5.41) is 9.94. The maximum absolute atomic E-state index is 9.94. The van der Waals surface area contributed by atoms with Crippen LogP contribution in [0.15, 0.2) is 0 Å². The molecule has 4 rings (SSSR count). The van der Waals surface area contributed by atoms with E-state index >= 15 is 0 Å². The second kappa shape index (κ2) is 8.28. The number of nitriles is 1. The summed E-state index contributed by atoms with van der Waals surface area (Å²) in [7, 11) is 0. The lowest BCUT2D eigenvalue weighted by Gasteiger charge is -2.64. The maximum atomic E-state index is 9.94. The molecule has 5 nitrogen and oxygen atoms in total. The van der Waals surface area contributed by atoms with E-state index in [4.69, 9.17) is 0 Å². The summed E-state index contributed by atoms with van der Waals surface area (Å²) >= 11 is 0. The average molecular weight is 432 g/mol. The van der Waals surface area contributed by atoms with Crippen molar-refractivity contribution in [2.75, 3.05) is 32.7 Å². The molecule has 0 amide bonds. The second-order valence-electron chi connectivity index (χ2n) is 13.6. The third-order valence-corrected chi connectivity index (χ3v) is 8.45. The van der Waals surface area contributed by atoms with Crippen LogP contribution in [0.2, 0.25) is 0 Å². The van der Waals surface area contributed by atoms with Crippen LogP contribution in [0.25, 0.3) is 0 Å². The first-order valence-electron chi connectivity index (χ1n) is 12.5. The van der Waals surface area contributed by atoms with E-state index in [1.807, 2.05) is 0 Å². The molecule has 2 unspecified atom stereocenters. The van der Waals surface area contributed by atoms with Crippen LogP contribution < -0.4 is 0 Å². The fraction of sp³-hybridized carbons (Fsp3) is 0.962. The molecule has 5 heteroatoms. The Morgan fingerprint density at radius 1 is 0.710 bits per heavy atom. The Bertz CT molecular complexity index is 665. The molecule has 4 fully saturated rings. The number of rotatable bonds is 5. The SMILES string of the molecule is CC(C)(C)N1CC2CC(C1)N2C(C)(C)CCC(C)(C)N1CCN(C(C)(C)C)C[C@H]1C#N. The average Bonchev–Trinajstić information content (AvgIpc) is 2.64. The van der Waals surface area contributed by atoms with Crippen molar-refractivity contribution in [3.05, 3.63) is 0 Å². The lowest BCUT2D eigenvalue weighted by atomic mass is 9.77. The Hall–Kier alpha value is -0.670. The minimum Gasteiger partial charge on any atom is -0.295 e. The molecule has 4 aliphatic heterocycles. The first kappa shape index (κ1) is 25.0. The van der Waals surface area contributed by atoms with Crippen LogP contribution >= 0.6 is 0 Å². The van der Waals surface area contributed by atoms with Crippen molar-refractivity contribution in [1.82, 2.24) is 19.6 Å². The van der Waals surface area contributed by atoms with Crippen LogP contribution in [0.5, 0.6) is 0 Å². The van der Waals surface area contributed by atoms with Crippen molar-refractivity contribution in [3.63, 3.8) is 0 Å². The summed E-state index contributed by atoms with van der Waals surface area (Å²) < 4.78 is 0. The predicted octanol–water partition coefficient (Wildman–Crippen LogP) is 4.19. The molecule has 0 aliphatic carbocycles. The Balaban J connectivity index is 1.60. The molecule has 0 aromatic carbocycles. The number of fused-ring (bicyclic) bond motifs is 2. The van der Waals surface area contributed by atoms with Crippen molar-refractivity contribution < 1.29 is 0 Å². The molecule has 0 N–H and O–H groups in total. The number of piperazine rings is 2. The van der Waals surface area contributed by atoms with Gasteiger partial charge in [-0.25, -0.2) is 0 Å². The monoisotopic (exact) mass is 431 g/mol. The van der Waals surface area contributed by atoms with E-state index in [0.29, 0.717) is 12.1 Å². The van der Waals surface area contributed by atoms with Gasteiger partial charge in [-0.05, 0) is 88.5 Å². The van der Waals surface area contributed by atoms with Crippen molar-refractivity contribution in [3.8, 4) is 6.07 Å². The predicted molar refractivity (Wildman–Crippen MR) is 130 cm³/mol. The van der Waals surface area contributed by atoms with Gasteiger partial charge in [0, 0.05) is 67.0 Å². The molecule has 3 atom stereocenters. The Labute approximate surface area is 192 Å². The maximum Gasteiger partial charge on any atom is 0.111 e. The lowest BCUT2D eigenvalue weighted by molar-refractivity contribution is -0.146. The molecule has 0 radical (unpaired) electrons. The highest BCUT2D eigenvalue weighted by Crippen LogP contribution is 2.43. The summed E-state index contributed by atoms with van der Waals surface area (Å²) in [6.45, 7) is 28.7. The van der Waals surface area contributed by atoms with Crippen LogP contribution in [0.4, 0.5) is 0 Å². The van der Waals surface area contributed by atoms with Crippen molar-refractivity contribution in [1.29, 1.82) is 5.26 Å². The number of hydrogen-bond acceptors (Lipinski definition) is 5. The molecule has 0 saturated carbocycles. The summed E-state index contributed by atoms with van der Waals surface area (Å²) in [5.41, 5.74) is 0.656. The number of hydrogen-bond donors (Lipinski definition) is 0. The topological polar surface area (TPSA) is 36.8 Å². The van der Waals surface area contributed by atoms with Crippen molar-refractivity contribution >= 4 is 0 Å². The van der Waals surface area contributed by atoms with Gasteiger partial charge >= 0.3 is 0 Å². The third-order valence-electron chi connectivity index (χ3n) is 8.45. The van der Waals surface area contributed by atoms with Gasteiger partial charge in [-0.1, -0.05) is 0 Å². The zero-order valence-electron chi connectivity index (χ0n) is 22.1. The van der Waals surface area contributed by atoms with E-state index in [2.05, 4.69) is 94.9 Å². The number of piperidine rings is 1.